The Kier molecular flexibility index (Phi) is 8.78. The minimum Gasteiger partial charge on any atom is -0.310 e. The summed E-state index contributed by atoms with van der Waals surface area (Å²) in [6, 6.07) is 85.0. The average Bonchev–Trinajstić information content (AvgIpc) is 4.00. The first kappa shape index (κ1) is 38.5. The summed E-state index contributed by atoms with van der Waals surface area (Å²) in [5.41, 5.74) is 19.5. The van der Waals surface area contributed by atoms with E-state index in [9.17, 15) is 0 Å². The highest BCUT2D eigenvalue weighted by molar-refractivity contribution is 7.26. The Morgan fingerprint density at radius 2 is 0.894 bits per heavy atom. The van der Waals surface area contributed by atoms with E-state index >= 15 is 0 Å². The molecule has 2 heterocycles. The third kappa shape index (κ3) is 6.08. The summed E-state index contributed by atoms with van der Waals surface area (Å²) in [7, 11) is 0. The van der Waals surface area contributed by atoms with Gasteiger partial charge in [-0.1, -0.05) is 166 Å². The smallest absolute Gasteiger partial charge is 0.0541 e. The van der Waals surface area contributed by atoms with Gasteiger partial charge in [-0.3, -0.25) is 0 Å². The van der Waals surface area contributed by atoms with Gasteiger partial charge in [0.05, 0.1) is 11.0 Å². The van der Waals surface area contributed by atoms with Crippen molar-refractivity contribution in [3.63, 3.8) is 0 Å². The highest BCUT2D eigenvalue weighted by atomic mass is 32.1. The van der Waals surface area contributed by atoms with E-state index in [0.717, 1.165) is 22.7 Å². The Hall–Kier alpha value is -7.98. The molecule has 1 aliphatic carbocycles. The van der Waals surface area contributed by atoms with Crippen LogP contribution in [0.15, 0.2) is 231 Å². The van der Waals surface area contributed by atoms with Gasteiger partial charge in [-0.05, 0) is 134 Å². The second-order valence-corrected chi connectivity index (χ2v) is 19.2. The van der Waals surface area contributed by atoms with Crippen molar-refractivity contribution >= 4 is 70.4 Å². The van der Waals surface area contributed by atoms with E-state index in [-0.39, 0.29) is 5.41 Å². The van der Waals surface area contributed by atoms with Crippen LogP contribution in [0.1, 0.15) is 25.0 Å². The topological polar surface area (TPSA) is 8.17 Å². The normalized spacial score (nSPS) is 12.8. The molecule has 0 saturated carbocycles. The molecule has 3 heteroatoms. The number of para-hydroxylation sites is 1. The van der Waals surface area contributed by atoms with Gasteiger partial charge in [-0.25, -0.2) is 0 Å². The van der Waals surface area contributed by atoms with Crippen LogP contribution in [0.3, 0.4) is 0 Å². The first-order valence-corrected chi connectivity index (χ1v) is 23.6. The molecule has 66 heavy (non-hydrogen) atoms. The standard InChI is InChI=1S/C63H44N2S/c1-63(2)57-22-11-9-18-51(57)52-35-34-49(40-58(52)63)64(48-32-26-43(27-33-48)50-20-13-21-54-53-19-10-12-23-61(53)66-62(50)54)47-30-24-42(25-31-47)45-29-37-60-56(39-45)55-38-44(41-14-5-3-6-15-41)28-36-59(55)65(60)46-16-7-4-8-17-46/h3-40H,1-2H3. The number of benzene rings is 10. The molecule has 0 atom stereocenters. The predicted molar refractivity (Wildman–Crippen MR) is 282 cm³/mol. The molecule has 0 aliphatic heterocycles. The molecule has 10 aromatic carbocycles. The molecule has 2 nitrogen and oxygen atoms in total. The summed E-state index contributed by atoms with van der Waals surface area (Å²) < 4.78 is 5.05. The first-order valence-electron chi connectivity index (χ1n) is 22.8. The first-order chi connectivity index (χ1) is 32.5. The quantitative estimate of drug-likeness (QED) is 0.155. The van der Waals surface area contributed by atoms with Crippen molar-refractivity contribution in [2.75, 3.05) is 4.90 Å². The maximum Gasteiger partial charge on any atom is 0.0541 e. The van der Waals surface area contributed by atoms with Crippen molar-refractivity contribution in [3.8, 4) is 50.2 Å². The fraction of sp³-hybridized carbons (Fsp3) is 0.0476. The fourth-order valence-electron chi connectivity index (χ4n) is 10.7. The van der Waals surface area contributed by atoms with Crippen LogP contribution in [0.25, 0.3) is 92.2 Å². The van der Waals surface area contributed by atoms with Crippen LogP contribution in [0, 0.1) is 0 Å². The number of hydrogen-bond donors (Lipinski definition) is 0. The number of nitrogens with zero attached hydrogens (tertiary/aromatic N) is 2. The maximum atomic E-state index is 2.43. The molecule has 2 aromatic heterocycles. The van der Waals surface area contributed by atoms with Crippen molar-refractivity contribution < 1.29 is 0 Å². The van der Waals surface area contributed by atoms with E-state index in [4.69, 9.17) is 0 Å². The molecule has 312 valence electrons. The van der Waals surface area contributed by atoms with E-state index in [1.807, 2.05) is 11.3 Å². The van der Waals surface area contributed by atoms with Crippen molar-refractivity contribution in [2.45, 2.75) is 19.3 Å². The zero-order valence-electron chi connectivity index (χ0n) is 36.7. The number of thiophene rings is 1. The summed E-state index contributed by atoms with van der Waals surface area (Å²) in [4.78, 5) is 2.43. The molecule has 12 aromatic rings. The lowest BCUT2D eigenvalue weighted by Gasteiger charge is -2.28. The summed E-state index contributed by atoms with van der Waals surface area (Å²) >= 11 is 1.88. The molecule has 0 spiro atoms. The maximum absolute atomic E-state index is 2.43. The van der Waals surface area contributed by atoms with Crippen LogP contribution < -0.4 is 4.90 Å². The molecule has 0 unspecified atom stereocenters. The third-order valence-electron chi connectivity index (χ3n) is 14.0. The van der Waals surface area contributed by atoms with Crippen molar-refractivity contribution in [3.05, 3.63) is 242 Å². The van der Waals surface area contributed by atoms with Gasteiger partial charge in [0.1, 0.15) is 0 Å². The lowest BCUT2D eigenvalue weighted by atomic mass is 9.82. The van der Waals surface area contributed by atoms with E-state index in [2.05, 4.69) is 254 Å². The Balaban J connectivity index is 0.923. The van der Waals surface area contributed by atoms with Gasteiger partial charge >= 0.3 is 0 Å². The molecule has 0 fully saturated rings. The zero-order chi connectivity index (χ0) is 43.9. The second kappa shape index (κ2) is 15.1. The molecule has 0 bridgehead atoms. The van der Waals surface area contributed by atoms with Gasteiger partial charge in [-0.15, -0.1) is 11.3 Å². The summed E-state index contributed by atoms with van der Waals surface area (Å²) in [6.07, 6.45) is 0. The van der Waals surface area contributed by atoms with Crippen LogP contribution in [-0.2, 0) is 5.41 Å². The molecular formula is C63H44N2S. The van der Waals surface area contributed by atoms with Crippen LogP contribution in [0.5, 0.6) is 0 Å². The Bertz CT molecular complexity index is 3820. The number of rotatable bonds is 7. The summed E-state index contributed by atoms with van der Waals surface area (Å²) in [5.74, 6) is 0. The van der Waals surface area contributed by atoms with Gasteiger partial charge < -0.3 is 9.47 Å². The van der Waals surface area contributed by atoms with E-state index in [0.29, 0.717) is 0 Å². The lowest BCUT2D eigenvalue weighted by Crippen LogP contribution is -2.16. The predicted octanol–water partition coefficient (Wildman–Crippen LogP) is 17.9. The SMILES string of the molecule is CC1(C)c2ccccc2-c2ccc(N(c3ccc(-c4ccc5c(c4)c4cc(-c6ccccc6)ccc4n5-c4ccccc4)cc3)c3ccc(-c4cccc5c4sc4ccccc45)cc3)cc21. The number of aromatic nitrogens is 1. The van der Waals surface area contributed by atoms with Crippen LogP contribution in [-0.4, -0.2) is 4.57 Å². The van der Waals surface area contributed by atoms with Gasteiger partial charge in [0.25, 0.3) is 0 Å². The van der Waals surface area contributed by atoms with Crippen molar-refractivity contribution in [1.29, 1.82) is 0 Å². The Labute approximate surface area is 388 Å². The Morgan fingerprint density at radius 1 is 0.364 bits per heavy atom. The van der Waals surface area contributed by atoms with Gasteiger partial charge in [0.2, 0.25) is 0 Å². The van der Waals surface area contributed by atoms with Crippen LogP contribution >= 0.6 is 11.3 Å². The largest absolute Gasteiger partial charge is 0.310 e. The lowest BCUT2D eigenvalue weighted by molar-refractivity contribution is 0.660. The van der Waals surface area contributed by atoms with Gasteiger partial charge in [0.15, 0.2) is 0 Å². The molecular weight excluding hydrogens is 817 g/mol. The number of anilines is 3. The minimum absolute atomic E-state index is 0.117. The number of hydrogen-bond acceptors (Lipinski definition) is 2. The number of fused-ring (bicyclic) bond motifs is 9. The molecule has 0 saturated heterocycles. The van der Waals surface area contributed by atoms with E-state index < -0.39 is 0 Å². The molecule has 0 radical (unpaired) electrons. The highest BCUT2D eigenvalue weighted by Gasteiger charge is 2.35. The molecule has 0 N–H and O–H groups in total. The highest BCUT2D eigenvalue weighted by Crippen LogP contribution is 2.51. The third-order valence-corrected chi connectivity index (χ3v) is 15.2. The van der Waals surface area contributed by atoms with Crippen molar-refractivity contribution in [2.24, 2.45) is 0 Å². The van der Waals surface area contributed by atoms with E-state index in [1.54, 1.807) is 0 Å². The minimum atomic E-state index is -0.117. The summed E-state index contributed by atoms with van der Waals surface area (Å²) in [6.45, 7) is 4.72. The Morgan fingerprint density at radius 3 is 1.61 bits per heavy atom. The zero-order valence-corrected chi connectivity index (χ0v) is 37.6. The molecule has 13 rings (SSSR count). The average molecular weight is 861 g/mol. The fourth-order valence-corrected chi connectivity index (χ4v) is 12.0. The monoisotopic (exact) mass is 860 g/mol. The van der Waals surface area contributed by atoms with Crippen LogP contribution in [0.2, 0.25) is 0 Å². The molecule has 1 aliphatic rings. The second-order valence-electron chi connectivity index (χ2n) is 18.1. The summed E-state index contributed by atoms with van der Waals surface area (Å²) in [5, 5.41) is 5.12. The van der Waals surface area contributed by atoms with Gasteiger partial charge in [-0.2, -0.15) is 0 Å². The van der Waals surface area contributed by atoms with Crippen LogP contribution in [0.4, 0.5) is 17.1 Å². The van der Waals surface area contributed by atoms with E-state index in [1.165, 1.54) is 97.6 Å². The van der Waals surface area contributed by atoms with Gasteiger partial charge in [0, 0.05) is 59.1 Å². The molecule has 0 amide bonds. The van der Waals surface area contributed by atoms with Crippen molar-refractivity contribution in [1.82, 2.24) is 4.57 Å².